The fraction of sp³-hybridized carbons (Fsp3) is 0.200. The summed E-state index contributed by atoms with van der Waals surface area (Å²) in [4.78, 5) is 24.3. The van der Waals surface area contributed by atoms with Gasteiger partial charge in [0.1, 0.15) is 28.5 Å². The minimum absolute atomic E-state index is 0.0665. The molecule has 0 fully saturated rings. The average molecular weight is 400 g/mol. The van der Waals surface area contributed by atoms with Gasteiger partial charge in [-0.2, -0.15) is 0 Å². The van der Waals surface area contributed by atoms with E-state index in [9.17, 15) is 19.8 Å². The number of aliphatic hydroxyl groups excluding tert-OH is 1. The molecule has 0 saturated carbocycles. The Morgan fingerprint density at radius 1 is 1.10 bits per heavy atom. The first-order valence-electron chi connectivity index (χ1n) is 8.84. The van der Waals surface area contributed by atoms with Crippen molar-refractivity contribution in [2.75, 3.05) is 18.5 Å². The standard InChI is InChI=1S/C20H20N2O7/c21-20(27)22-17-14-6-4-12(28-8-2-1-7-23)10-16(14)29-19(17)18(26)13-5-3-11(24)9-15(13)25/h3-6,9-10,23-25H,1-2,7-8H2,(H3,21,22,27). The number of amides is 2. The van der Waals surface area contributed by atoms with Crippen molar-refractivity contribution in [3.8, 4) is 17.2 Å². The first-order valence-corrected chi connectivity index (χ1v) is 8.84. The van der Waals surface area contributed by atoms with Crippen molar-refractivity contribution in [2.45, 2.75) is 12.8 Å². The summed E-state index contributed by atoms with van der Waals surface area (Å²) in [5, 5.41) is 31.0. The number of ketones is 1. The molecule has 3 rings (SSSR count). The van der Waals surface area contributed by atoms with Gasteiger partial charge < -0.3 is 35.5 Å². The summed E-state index contributed by atoms with van der Waals surface area (Å²) in [5.41, 5.74) is 5.45. The Bertz CT molecular complexity index is 1060. The SMILES string of the molecule is NC(=O)Nc1c(C(=O)c2ccc(O)cc2O)oc2cc(OCCCCO)ccc12. The molecule has 0 radical (unpaired) electrons. The number of phenols is 2. The van der Waals surface area contributed by atoms with Crippen molar-refractivity contribution in [3.05, 3.63) is 47.7 Å². The van der Waals surface area contributed by atoms with Crippen molar-refractivity contribution in [2.24, 2.45) is 5.73 Å². The number of fused-ring (bicyclic) bond motifs is 1. The minimum atomic E-state index is -0.888. The number of ether oxygens (including phenoxy) is 1. The molecule has 0 spiro atoms. The lowest BCUT2D eigenvalue weighted by Gasteiger charge is -2.06. The number of primary amides is 1. The third kappa shape index (κ3) is 4.41. The van der Waals surface area contributed by atoms with Gasteiger partial charge in [-0.25, -0.2) is 4.79 Å². The van der Waals surface area contributed by atoms with E-state index in [1.54, 1.807) is 18.2 Å². The van der Waals surface area contributed by atoms with Crippen molar-refractivity contribution < 1.29 is 34.1 Å². The van der Waals surface area contributed by atoms with Crippen molar-refractivity contribution in [3.63, 3.8) is 0 Å². The molecule has 1 aromatic heterocycles. The minimum Gasteiger partial charge on any atom is -0.508 e. The zero-order valence-corrected chi connectivity index (χ0v) is 15.3. The summed E-state index contributed by atoms with van der Waals surface area (Å²) in [7, 11) is 0. The summed E-state index contributed by atoms with van der Waals surface area (Å²) >= 11 is 0. The predicted molar refractivity (Wildman–Crippen MR) is 104 cm³/mol. The second-order valence-electron chi connectivity index (χ2n) is 6.26. The molecule has 0 aliphatic carbocycles. The molecule has 29 heavy (non-hydrogen) atoms. The van der Waals surface area contributed by atoms with Gasteiger partial charge in [-0.3, -0.25) is 4.79 Å². The van der Waals surface area contributed by atoms with E-state index in [1.165, 1.54) is 12.1 Å². The van der Waals surface area contributed by atoms with Crippen LogP contribution in [0.4, 0.5) is 10.5 Å². The molecule has 3 aromatic rings. The van der Waals surface area contributed by atoms with Crippen LogP contribution in [0.1, 0.15) is 29.0 Å². The summed E-state index contributed by atoms with van der Waals surface area (Å²) in [5.74, 6) is -1.08. The molecule has 152 valence electrons. The number of unbranched alkanes of at least 4 members (excludes halogenated alkanes) is 1. The predicted octanol–water partition coefficient (Wildman–Crippen LogP) is 2.72. The van der Waals surface area contributed by atoms with Gasteiger partial charge in [-0.1, -0.05) is 0 Å². The number of nitrogens with two attached hydrogens (primary N) is 1. The monoisotopic (exact) mass is 400 g/mol. The quantitative estimate of drug-likeness (QED) is 0.287. The molecule has 0 aliphatic heterocycles. The molecular formula is C20H20N2O7. The number of phenolic OH excluding ortho intramolecular Hbond substituents is 2. The number of carbonyl (C=O) groups is 2. The number of nitrogens with one attached hydrogen (secondary N) is 1. The van der Waals surface area contributed by atoms with Crippen LogP contribution in [-0.4, -0.2) is 40.3 Å². The number of urea groups is 1. The lowest BCUT2D eigenvalue weighted by Crippen LogP contribution is -2.20. The van der Waals surface area contributed by atoms with Gasteiger partial charge >= 0.3 is 6.03 Å². The molecule has 1 heterocycles. The average Bonchev–Trinajstić information content (AvgIpc) is 3.02. The number of hydrogen-bond donors (Lipinski definition) is 5. The Kier molecular flexibility index (Phi) is 5.89. The molecule has 6 N–H and O–H groups in total. The van der Waals surface area contributed by atoms with E-state index >= 15 is 0 Å². The zero-order valence-electron chi connectivity index (χ0n) is 15.3. The van der Waals surface area contributed by atoms with Crippen LogP contribution in [-0.2, 0) is 0 Å². The van der Waals surface area contributed by atoms with Gasteiger partial charge in [-0.05, 0) is 37.1 Å². The van der Waals surface area contributed by atoms with Gasteiger partial charge in [0.05, 0.1) is 12.2 Å². The maximum Gasteiger partial charge on any atom is 0.316 e. The number of anilines is 1. The Morgan fingerprint density at radius 2 is 1.90 bits per heavy atom. The smallest absolute Gasteiger partial charge is 0.316 e. The van der Waals surface area contributed by atoms with Crippen LogP contribution in [0, 0.1) is 0 Å². The number of rotatable bonds is 8. The highest BCUT2D eigenvalue weighted by Gasteiger charge is 2.25. The number of carbonyl (C=O) groups excluding carboxylic acids is 2. The molecule has 0 atom stereocenters. The molecule has 0 aliphatic rings. The van der Waals surface area contributed by atoms with Crippen molar-refractivity contribution in [1.29, 1.82) is 0 Å². The first kappa shape index (κ1) is 20.0. The molecule has 9 heteroatoms. The van der Waals surface area contributed by atoms with Crippen LogP contribution in [0.25, 0.3) is 11.0 Å². The molecule has 0 unspecified atom stereocenters. The molecule has 9 nitrogen and oxygen atoms in total. The van der Waals surface area contributed by atoms with Crippen molar-refractivity contribution in [1.82, 2.24) is 0 Å². The maximum atomic E-state index is 12.9. The molecule has 2 amide bonds. The van der Waals surface area contributed by atoms with Crippen LogP contribution < -0.4 is 15.8 Å². The normalized spacial score (nSPS) is 10.8. The van der Waals surface area contributed by atoms with E-state index in [2.05, 4.69) is 5.32 Å². The van der Waals surface area contributed by atoms with E-state index in [-0.39, 0.29) is 35.0 Å². The number of hydrogen-bond acceptors (Lipinski definition) is 7. The van der Waals surface area contributed by atoms with E-state index in [0.717, 1.165) is 6.07 Å². The van der Waals surface area contributed by atoms with Crippen LogP contribution in [0.2, 0.25) is 0 Å². The van der Waals surface area contributed by atoms with E-state index in [0.29, 0.717) is 30.6 Å². The highest BCUT2D eigenvalue weighted by Crippen LogP contribution is 2.36. The second-order valence-corrected chi connectivity index (χ2v) is 6.26. The summed E-state index contributed by atoms with van der Waals surface area (Å²) in [6.07, 6.45) is 1.29. The van der Waals surface area contributed by atoms with E-state index < -0.39 is 17.6 Å². The number of aliphatic hydroxyl groups is 1. The van der Waals surface area contributed by atoms with Crippen LogP contribution in [0.3, 0.4) is 0 Å². The van der Waals surface area contributed by atoms with Gasteiger partial charge in [0.15, 0.2) is 5.76 Å². The molecule has 0 bridgehead atoms. The van der Waals surface area contributed by atoms with Crippen molar-refractivity contribution >= 4 is 28.5 Å². The number of furan rings is 1. The summed E-state index contributed by atoms with van der Waals surface area (Å²) < 4.78 is 11.2. The largest absolute Gasteiger partial charge is 0.508 e. The Balaban J connectivity index is 2.00. The summed E-state index contributed by atoms with van der Waals surface area (Å²) in [6, 6.07) is 7.44. The third-order valence-electron chi connectivity index (χ3n) is 4.16. The zero-order chi connectivity index (χ0) is 21.0. The highest BCUT2D eigenvalue weighted by molar-refractivity contribution is 6.18. The van der Waals surface area contributed by atoms with Crippen LogP contribution in [0.15, 0.2) is 40.8 Å². The molecular weight excluding hydrogens is 380 g/mol. The number of aromatic hydroxyl groups is 2. The van der Waals surface area contributed by atoms with Crippen LogP contribution >= 0.6 is 0 Å². The Labute approximate surface area is 165 Å². The maximum absolute atomic E-state index is 12.9. The second kappa shape index (κ2) is 8.53. The Morgan fingerprint density at radius 3 is 2.59 bits per heavy atom. The lowest BCUT2D eigenvalue weighted by molar-refractivity contribution is 0.101. The topological polar surface area (TPSA) is 155 Å². The van der Waals surface area contributed by atoms with Gasteiger partial charge in [0.25, 0.3) is 0 Å². The van der Waals surface area contributed by atoms with E-state index in [1.807, 2.05) is 0 Å². The Hall–Kier alpha value is -3.72. The molecule has 2 aromatic carbocycles. The third-order valence-corrected chi connectivity index (χ3v) is 4.16. The van der Waals surface area contributed by atoms with Gasteiger partial charge in [0.2, 0.25) is 5.78 Å². The van der Waals surface area contributed by atoms with Gasteiger partial charge in [0, 0.05) is 24.1 Å². The molecule has 0 saturated heterocycles. The first-order chi connectivity index (χ1) is 13.9. The van der Waals surface area contributed by atoms with E-state index in [4.69, 9.17) is 20.0 Å². The fourth-order valence-electron chi connectivity index (χ4n) is 2.81. The van der Waals surface area contributed by atoms with Crippen LogP contribution in [0.5, 0.6) is 17.2 Å². The fourth-order valence-corrected chi connectivity index (χ4v) is 2.81. The number of benzene rings is 2. The summed E-state index contributed by atoms with van der Waals surface area (Å²) in [6.45, 7) is 0.477. The van der Waals surface area contributed by atoms with Gasteiger partial charge in [-0.15, -0.1) is 0 Å². The highest BCUT2D eigenvalue weighted by atomic mass is 16.5. The lowest BCUT2D eigenvalue weighted by atomic mass is 10.1.